The number of hydrogen-bond donors (Lipinski definition) is 1. The summed E-state index contributed by atoms with van der Waals surface area (Å²) in [7, 11) is -4.30. The van der Waals surface area contributed by atoms with Crippen molar-refractivity contribution >= 4 is 26.6 Å². The number of rotatable bonds is 2. The Kier molecular flexibility index (Phi) is 2.56. The molecule has 7 heteroatoms. The van der Waals surface area contributed by atoms with E-state index < -0.39 is 15.0 Å². The smallest absolute Gasteiger partial charge is 0.282 e. The standard InChI is InChI=1S/C10H7NO5S/c12-11(13)9-3-1-7-2-4-10(17(14,15)16)6-8(7)5-9/h1-6H,(H,14,15,16). The van der Waals surface area contributed by atoms with E-state index in [1.54, 1.807) is 0 Å². The van der Waals surface area contributed by atoms with Crippen LogP contribution in [-0.2, 0) is 10.1 Å². The monoisotopic (exact) mass is 253 g/mol. The minimum absolute atomic E-state index is 0.134. The molecule has 0 saturated carbocycles. The Balaban J connectivity index is 2.71. The molecule has 0 fully saturated rings. The van der Waals surface area contributed by atoms with E-state index in [0.29, 0.717) is 10.8 Å². The highest BCUT2D eigenvalue weighted by molar-refractivity contribution is 7.85. The maximum atomic E-state index is 10.9. The number of benzene rings is 2. The van der Waals surface area contributed by atoms with Gasteiger partial charge in [-0.15, -0.1) is 0 Å². The summed E-state index contributed by atoms with van der Waals surface area (Å²) in [6, 6.07) is 8.00. The maximum absolute atomic E-state index is 10.9. The van der Waals surface area contributed by atoms with Gasteiger partial charge in [0.15, 0.2) is 0 Å². The lowest BCUT2D eigenvalue weighted by Gasteiger charge is -2.00. The normalized spacial score (nSPS) is 11.6. The fourth-order valence-corrected chi connectivity index (χ4v) is 2.00. The minimum atomic E-state index is -4.30. The van der Waals surface area contributed by atoms with Crippen LogP contribution in [0.5, 0.6) is 0 Å². The van der Waals surface area contributed by atoms with Crippen LogP contribution in [0.1, 0.15) is 0 Å². The molecule has 17 heavy (non-hydrogen) atoms. The summed E-state index contributed by atoms with van der Waals surface area (Å²) in [5.74, 6) is 0. The van der Waals surface area contributed by atoms with Gasteiger partial charge in [0.25, 0.3) is 15.8 Å². The van der Waals surface area contributed by atoms with E-state index in [9.17, 15) is 18.5 Å². The Morgan fingerprint density at radius 2 is 1.71 bits per heavy atom. The zero-order chi connectivity index (χ0) is 12.6. The Hall–Kier alpha value is -1.99. The summed E-state index contributed by atoms with van der Waals surface area (Å²) in [4.78, 5) is 9.71. The van der Waals surface area contributed by atoms with Crippen LogP contribution < -0.4 is 0 Å². The van der Waals surface area contributed by atoms with Crippen LogP contribution in [0.2, 0.25) is 0 Å². The Bertz CT molecular complexity index is 708. The molecule has 0 unspecified atom stereocenters. The molecular weight excluding hydrogens is 246 g/mol. The van der Waals surface area contributed by atoms with Crippen LogP contribution in [0, 0.1) is 10.1 Å². The van der Waals surface area contributed by atoms with Gasteiger partial charge in [0, 0.05) is 12.1 Å². The van der Waals surface area contributed by atoms with Gasteiger partial charge in [-0.2, -0.15) is 8.42 Å². The second-order valence-electron chi connectivity index (χ2n) is 3.43. The highest BCUT2D eigenvalue weighted by Gasteiger charge is 2.11. The molecule has 2 aromatic carbocycles. The average Bonchev–Trinajstić information content (AvgIpc) is 2.26. The second kappa shape index (κ2) is 3.79. The minimum Gasteiger partial charge on any atom is -0.282 e. The molecule has 88 valence electrons. The summed E-state index contributed by atoms with van der Waals surface area (Å²) in [5.41, 5.74) is -0.134. The maximum Gasteiger partial charge on any atom is 0.294 e. The van der Waals surface area contributed by atoms with Crippen LogP contribution in [0.4, 0.5) is 5.69 Å². The molecule has 0 atom stereocenters. The molecule has 0 bridgehead atoms. The Morgan fingerprint density at radius 3 is 2.29 bits per heavy atom. The summed E-state index contributed by atoms with van der Waals surface area (Å²) >= 11 is 0. The van der Waals surface area contributed by atoms with Crippen molar-refractivity contribution in [3.05, 3.63) is 46.5 Å². The summed E-state index contributed by atoms with van der Waals surface area (Å²) < 4.78 is 30.7. The largest absolute Gasteiger partial charge is 0.294 e. The second-order valence-corrected chi connectivity index (χ2v) is 4.85. The van der Waals surface area contributed by atoms with Gasteiger partial charge in [0.2, 0.25) is 0 Å². The molecule has 0 aliphatic rings. The number of fused-ring (bicyclic) bond motifs is 1. The quantitative estimate of drug-likeness (QED) is 0.501. The van der Waals surface area contributed by atoms with E-state index in [1.807, 2.05) is 0 Å². The Labute approximate surface area is 96.4 Å². The molecular formula is C10H7NO5S. The fraction of sp³-hybridized carbons (Fsp3) is 0. The third-order valence-corrected chi connectivity index (χ3v) is 3.15. The molecule has 0 saturated heterocycles. The van der Waals surface area contributed by atoms with E-state index in [2.05, 4.69) is 0 Å². The first-order valence-electron chi connectivity index (χ1n) is 4.53. The topological polar surface area (TPSA) is 97.5 Å². The summed E-state index contributed by atoms with van der Waals surface area (Å²) in [6.45, 7) is 0. The molecule has 0 amide bonds. The Morgan fingerprint density at radius 1 is 1.06 bits per heavy atom. The first kappa shape index (κ1) is 11.5. The lowest BCUT2D eigenvalue weighted by molar-refractivity contribution is -0.384. The highest BCUT2D eigenvalue weighted by atomic mass is 32.2. The van der Waals surface area contributed by atoms with Crippen molar-refractivity contribution in [3.63, 3.8) is 0 Å². The number of hydrogen-bond acceptors (Lipinski definition) is 4. The van der Waals surface area contributed by atoms with Gasteiger partial charge in [0.05, 0.1) is 9.82 Å². The SMILES string of the molecule is O=[N+]([O-])c1ccc2ccc(S(=O)(=O)O)cc2c1. The van der Waals surface area contributed by atoms with Crippen molar-refractivity contribution in [2.45, 2.75) is 4.90 Å². The highest BCUT2D eigenvalue weighted by Crippen LogP contribution is 2.23. The van der Waals surface area contributed by atoms with Crippen molar-refractivity contribution in [2.75, 3.05) is 0 Å². The molecule has 0 spiro atoms. The molecule has 2 rings (SSSR count). The van der Waals surface area contributed by atoms with Crippen LogP contribution in [0.3, 0.4) is 0 Å². The van der Waals surface area contributed by atoms with Crippen molar-refractivity contribution in [1.82, 2.24) is 0 Å². The van der Waals surface area contributed by atoms with Crippen LogP contribution >= 0.6 is 0 Å². The number of nitrogens with zero attached hydrogens (tertiary/aromatic N) is 1. The third-order valence-electron chi connectivity index (χ3n) is 2.30. The summed E-state index contributed by atoms with van der Waals surface area (Å²) in [6.07, 6.45) is 0. The van der Waals surface area contributed by atoms with Crippen LogP contribution in [0.25, 0.3) is 10.8 Å². The van der Waals surface area contributed by atoms with E-state index in [1.165, 1.54) is 36.4 Å². The van der Waals surface area contributed by atoms with Crippen LogP contribution in [0.15, 0.2) is 41.3 Å². The van der Waals surface area contributed by atoms with Gasteiger partial charge in [-0.1, -0.05) is 6.07 Å². The average molecular weight is 253 g/mol. The van der Waals surface area contributed by atoms with Gasteiger partial charge in [-0.3, -0.25) is 14.7 Å². The van der Waals surface area contributed by atoms with Gasteiger partial charge in [-0.05, 0) is 29.0 Å². The van der Waals surface area contributed by atoms with Crippen molar-refractivity contribution in [1.29, 1.82) is 0 Å². The van der Waals surface area contributed by atoms with Gasteiger partial charge < -0.3 is 0 Å². The lowest BCUT2D eigenvalue weighted by Crippen LogP contribution is -1.97. The molecule has 2 aromatic rings. The number of non-ortho nitro benzene ring substituents is 1. The molecule has 0 aliphatic carbocycles. The van der Waals surface area contributed by atoms with Gasteiger partial charge in [-0.25, -0.2) is 0 Å². The predicted molar refractivity (Wildman–Crippen MR) is 60.4 cm³/mol. The zero-order valence-corrected chi connectivity index (χ0v) is 9.22. The van der Waals surface area contributed by atoms with E-state index in [4.69, 9.17) is 4.55 Å². The lowest BCUT2D eigenvalue weighted by atomic mass is 10.1. The van der Waals surface area contributed by atoms with Crippen molar-refractivity contribution < 1.29 is 17.9 Å². The molecule has 0 aromatic heterocycles. The predicted octanol–water partition coefficient (Wildman–Crippen LogP) is 1.99. The zero-order valence-electron chi connectivity index (χ0n) is 8.40. The molecule has 1 N–H and O–H groups in total. The molecule has 0 aliphatic heterocycles. The fourth-order valence-electron chi connectivity index (χ4n) is 1.49. The van der Waals surface area contributed by atoms with Crippen molar-refractivity contribution in [3.8, 4) is 0 Å². The van der Waals surface area contributed by atoms with E-state index in [0.717, 1.165) is 0 Å². The molecule has 0 radical (unpaired) electrons. The molecule has 6 nitrogen and oxygen atoms in total. The van der Waals surface area contributed by atoms with E-state index in [-0.39, 0.29) is 10.6 Å². The van der Waals surface area contributed by atoms with Crippen molar-refractivity contribution in [2.24, 2.45) is 0 Å². The van der Waals surface area contributed by atoms with Gasteiger partial charge in [0.1, 0.15) is 0 Å². The van der Waals surface area contributed by atoms with Gasteiger partial charge >= 0.3 is 0 Å². The first-order valence-corrected chi connectivity index (χ1v) is 5.97. The van der Waals surface area contributed by atoms with Crippen LogP contribution in [-0.4, -0.2) is 17.9 Å². The first-order chi connectivity index (χ1) is 7.88. The summed E-state index contributed by atoms with van der Waals surface area (Å²) in [5, 5.41) is 11.6. The molecule has 0 heterocycles. The van der Waals surface area contributed by atoms with E-state index >= 15 is 0 Å². The third kappa shape index (κ3) is 2.24. The number of nitro benzene ring substituents is 1. The number of nitro groups is 1.